The minimum atomic E-state index is 1.02. The molecule has 188 valence electrons. The molecular formula is C40H28. The van der Waals surface area contributed by atoms with Gasteiger partial charge in [-0.2, -0.15) is 0 Å². The quantitative estimate of drug-likeness (QED) is 0.208. The maximum atomic E-state index is 2.36. The van der Waals surface area contributed by atoms with Crippen molar-refractivity contribution in [2.24, 2.45) is 0 Å². The summed E-state index contributed by atoms with van der Waals surface area (Å²) in [5.41, 5.74) is 10.9. The number of aryl methyl sites for hydroxylation is 1. The highest BCUT2D eigenvalue weighted by atomic mass is 14.3. The van der Waals surface area contributed by atoms with Crippen molar-refractivity contribution in [3.8, 4) is 11.1 Å². The lowest BCUT2D eigenvalue weighted by Gasteiger charge is -2.27. The third-order valence-corrected chi connectivity index (χ3v) is 8.57. The van der Waals surface area contributed by atoms with Gasteiger partial charge < -0.3 is 0 Å². The first kappa shape index (κ1) is 23.0. The smallest absolute Gasteiger partial charge is 0.00262 e. The summed E-state index contributed by atoms with van der Waals surface area (Å²) in [6, 6.07) is 53.6. The topological polar surface area (TPSA) is 0 Å². The Bertz CT molecular complexity index is 2040. The molecule has 0 aromatic heterocycles. The van der Waals surface area contributed by atoms with Crippen LogP contribution in [-0.2, 0) is 6.42 Å². The van der Waals surface area contributed by atoms with Gasteiger partial charge in [0, 0.05) is 0 Å². The van der Waals surface area contributed by atoms with E-state index in [4.69, 9.17) is 0 Å². The molecule has 7 aromatic carbocycles. The molecule has 0 N–H and O–H groups in total. The Hall–Kier alpha value is -4.94. The molecule has 0 heterocycles. The highest BCUT2D eigenvalue weighted by Gasteiger charge is 2.25. The van der Waals surface area contributed by atoms with Crippen molar-refractivity contribution < 1.29 is 0 Å². The van der Waals surface area contributed by atoms with Crippen LogP contribution in [0.4, 0.5) is 0 Å². The van der Waals surface area contributed by atoms with Crippen LogP contribution in [0.3, 0.4) is 0 Å². The standard InChI is InChI=1S/C40H28/c1-2-14-29(15-3-1)38-32-17-7-6-13-28(32)24-25-37(38)40-35-20-10-8-18-33(35)39(34-19-9-11-21-36(34)40)31-23-22-27-12-4-5-16-30(27)26-31/h1-23,26H,24-25H2. The van der Waals surface area contributed by atoms with Gasteiger partial charge in [0.1, 0.15) is 0 Å². The molecule has 1 aliphatic carbocycles. The van der Waals surface area contributed by atoms with Gasteiger partial charge in [0.25, 0.3) is 0 Å². The van der Waals surface area contributed by atoms with Crippen LogP contribution in [0.5, 0.6) is 0 Å². The third-order valence-electron chi connectivity index (χ3n) is 8.57. The summed E-state index contributed by atoms with van der Waals surface area (Å²) in [6.07, 6.45) is 2.07. The molecule has 1 aliphatic rings. The van der Waals surface area contributed by atoms with Crippen LogP contribution in [0.15, 0.2) is 146 Å². The molecule has 0 heteroatoms. The molecule has 0 saturated carbocycles. The van der Waals surface area contributed by atoms with Crippen molar-refractivity contribution in [2.75, 3.05) is 0 Å². The van der Waals surface area contributed by atoms with Crippen LogP contribution in [0.25, 0.3) is 54.6 Å². The number of allylic oxidation sites excluding steroid dienone is 1. The van der Waals surface area contributed by atoms with Crippen LogP contribution in [0.1, 0.15) is 28.7 Å². The lowest BCUT2D eigenvalue weighted by Crippen LogP contribution is -2.07. The van der Waals surface area contributed by atoms with E-state index in [1.165, 1.54) is 76.8 Å². The normalized spacial score (nSPS) is 13.2. The number of fused-ring (bicyclic) bond motifs is 4. The Balaban J connectivity index is 1.51. The summed E-state index contributed by atoms with van der Waals surface area (Å²) < 4.78 is 0. The summed E-state index contributed by atoms with van der Waals surface area (Å²) >= 11 is 0. The molecule has 0 unspecified atom stereocenters. The lowest BCUT2D eigenvalue weighted by molar-refractivity contribution is 0.996. The van der Waals surface area contributed by atoms with Crippen molar-refractivity contribution >= 4 is 43.5 Å². The summed E-state index contributed by atoms with van der Waals surface area (Å²) in [6.45, 7) is 0. The fourth-order valence-corrected chi connectivity index (χ4v) is 6.82. The number of hydrogen-bond donors (Lipinski definition) is 0. The van der Waals surface area contributed by atoms with E-state index in [1.54, 1.807) is 0 Å². The molecule has 8 rings (SSSR count). The Kier molecular flexibility index (Phi) is 5.38. The first-order valence-corrected chi connectivity index (χ1v) is 14.2. The summed E-state index contributed by atoms with van der Waals surface area (Å²) in [4.78, 5) is 0. The SMILES string of the molecule is c1ccc(C2=C(c3c4ccccc4c(-c4ccc5ccccc5c4)c4ccccc34)CCc3ccccc32)cc1. The molecule has 0 saturated heterocycles. The minimum Gasteiger partial charge on any atom is -0.0622 e. The molecule has 0 atom stereocenters. The highest BCUT2D eigenvalue weighted by molar-refractivity contribution is 6.21. The van der Waals surface area contributed by atoms with Crippen molar-refractivity contribution in [1.82, 2.24) is 0 Å². The molecule has 7 aromatic rings. The van der Waals surface area contributed by atoms with Gasteiger partial charge in [0.2, 0.25) is 0 Å². The molecular weight excluding hydrogens is 480 g/mol. The number of rotatable bonds is 3. The van der Waals surface area contributed by atoms with E-state index in [0.29, 0.717) is 0 Å². The van der Waals surface area contributed by atoms with E-state index in [-0.39, 0.29) is 0 Å². The molecule has 0 nitrogen and oxygen atoms in total. The van der Waals surface area contributed by atoms with Crippen LogP contribution < -0.4 is 0 Å². The van der Waals surface area contributed by atoms with E-state index in [2.05, 4.69) is 146 Å². The van der Waals surface area contributed by atoms with Gasteiger partial charge in [-0.05, 0) is 95.8 Å². The van der Waals surface area contributed by atoms with Gasteiger partial charge in [-0.25, -0.2) is 0 Å². The van der Waals surface area contributed by atoms with E-state index in [9.17, 15) is 0 Å². The lowest BCUT2D eigenvalue weighted by atomic mass is 9.76. The van der Waals surface area contributed by atoms with Crippen molar-refractivity contribution in [2.45, 2.75) is 12.8 Å². The zero-order chi connectivity index (χ0) is 26.5. The van der Waals surface area contributed by atoms with E-state index < -0.39 is 0 Å². The average Bonchev–Trinajstić information content (AvgIpc) is 3.03. The van der Waals surface area contributed by atoms with Crippen molar-refractivity contribution in [3.63, 3.8) is 0 Å². The van der Waals surface area contributed by atoms with E-state index in [0.717, 1.165) is 12.8 Å². The second-order valence-electron chi connectivity index (χ2n) is 10.8. The molecule has 0 spiro atoms. The number of benzene rings is 7. The highest BCUT2D eigenvalue weighted by Crippen LogP contribution is 2.48. The molecule has 0 radical (unpaired) electrons. The number of hydrogen-bond acceptors (Lipinski definition) is 0. The Labute approximate surface area is 234 Å². The zero-order valence-electron chi connectivity index (χ0n) is 22.3. The van der Waals surface area contributed by atoms with Crippen molar-refractivity contribution in [1.29, 1.82) is 0 Å². The van der Waals surface area contributed by atoms with Crippen LogP contribution in [0.2, 0.25) is 0 Å². The van der Waals surface area contributed by atoms with Crippen molar-refractivity contribution in [3.05, 3.63) is 168 Å². The molecule has 0 fully saturated rings. The Morgan fingerprint density at radius 1 is 0.375 bits per heavy atom. The minimum absolute atomic E-state index is 1.02. The second kappa shape index (κ2) is 9.36. The second-order valence-corrected chi connectivity index (χ2v) is 10.8. The maximum Gasteiger partial charge on any atom is -0.00262 e. The van der Waals surface area contributed by atoms with Gasteiger partial charge >= 0.3 is 0 Å². The third kappa shape index (κ3) is 3.61. The monoisotopic (exact) mass is 508 g/mol. The van der Waals surface area contributed by atoms with Crippen LogP contribution in [0, 0.1) is 0 Å². The van der Waals surface area contributed by atoms with Crippen LogP contribution >= 0.6 is 0 Å². The van der Waals surface area contributed by atoms with E-state index in [1.807, 2.05) is 0 Å². The molecule has 0 aliphatic heterocycles. The van der Waals surface area contributed by atoms with Gasteiger partial charge in [0.05, 0.1) is 0 Å². The van der Waals surface area contributed by atoms with Gasteiger partial charge in [-0.15, -0.1) is 0 Å². The summed E-state index contributed by atoms with van der Waals surface area (Å²) in [5.74, 6) is 0. The fraction of sp³-hybridized carbons (Fsp3) is 0.0500. The largest absolute Gasteiger partial charge is 0.0622 e. The molecule has 0 amide bonds. The zero-order valence-corrected chi connectivity index (χ0v) is 22.3. The van der Waals surface area contributed by atoms with Gasteiger partial charge in [0.15, 0.2) is 0 Å². The van der Waals surface area contributed by atoms with Crippen LogP contribution in [-0.4, -0.2) is 0 Å². The van der Waals surface area contributed by atoms with E-state index >= 15 is 0 Å². The fourth-order valence-electron chi connectivity index (χ4n) is 6.82. The average molecular weight is 509 g/mol. The first-order chi connectivity index (χ1) is 19.9. The first-order valence-electron chi connectivity index (χ1n) is 14.2. The summed E-state index contributed by atoms with van der Waals surface area (Å²) in [5, 5.41) is 7.82. The molecule has 40 heavy (non-hydrogen) atoms. The maximum absolute atomic E-state index is 2.36. The predicted molar refractivity (Wildman–Crippen MR) is 172 cm³/mol. The predicted octanol–water partition coefficient (Wildman–Crippen LogP) is 10.7. The van der Waals surface area contributed by atoms with Gasteiger partial charge in [-0.1, -0.05) is 140 Å². The Morgan fingerprint density at radius 3 is 1.68 bits per heavy atom. The van der Waals surface area contributed by atoms with Gasteiger partial charge in [-0.3, -0.25) is 0 Å². The Morgan fingerprint density at radius 2 is 0.950 bits per heavy atom. The molecule has 0 bridgehead atoms. The summed E-state index contributed by atoms with van der Waals surface area (Å²) in [7, 11) is 0.